The third kappa shape index (κ3) is 2.63. The molecule has 0 atom stereocenters. The number of halogens is 2. The summed E-state index contributed by atoms with van der Waals surface area (Å²) < 4.78 is 20.3. The summed E-state index contributed by atoms with van der Waals surface area (Å²) >= 11 is 3.28. The van der Waals surface area contributed by atoms with Gasteiger partial charge in [0.1, 0.15) is 0 Å². The molecule has 2 aromatic rings. The first-order valence-electron chi connectivity index (χ1n) is 5.14. The highest BCUT2D eigenvalue weighted by Crippen LogP contribution is 2.20. The molecule has 1 aromatic carbocycles. The first-order valence-corrected chi connectivity index (χ1v) is 6.26. The van der Waals surface area contributed by atoms with E-state index in [-0.39, 0.29) is 5.75 Å². The van der Waals surface area contributed by atoms with Crippen LogP contribution in [0.2, 0.25) is 0 Å². The summed E-state index contributed by atoms with van der Waals surface area (Å²) in [5, 5.41) is 8.43. The number of rotatable bonds is 4. The van der Waals surface area contributed by atoms with Gasteiger partial charge in [-0.25, -0.2) is 9.07 Å². The zero-order valence-corrected chi connectivity index (χ0v) is 10.8. The summed E-state index contributed by atoms with van der Waals surface area (Å²) in [4.78, 5) is 0. The van der Waals surface area contributed by atoms with Crippen LogP contribution < -0.4 is 4.74 Å². The summed E-state index contributed by atoms with van der Waals surface area (Å²) in [6.07, 6.45) is 1.74. The van der Waals surface area contributed by atoms with Crippen LogP contribution in [0.5, 0.6) is 5.75 Å². The van der Waals surface area contributed by atoms with Crippen molar-refractivity contribution in [2.45, 2.75) is 12.3 Å². The van der Waals surface area contributed by atoms with Gasteiger partial charge in [-0.1, -0.05) is 21.1 Å². The number of aromatic nitrogens is 3. The van der Waals surface area contributed by atoms with E-state index in [1.54, 1.807) is 18.3 Å². The molecule has 90 valence electrons. The molecule has 0 spiro atoms. The highest BCUT2D eigenvalue weighted by molar-refractivity contribution is 9.08. The highest BCUT2D eigenvalue weighted by atomic mass is 79.9. The van der Waals surface area contributed by atoms with E-state index >= 15 is 0 Å². The van der Waals surface area contributed by atoms with Crippen LogP contribution in [0.1, 0.15) is 12.6 Å². The van der Waals surface area contributed by atoms with Crippen LogP contribution in [-0.2, 0) is 5.33 Å². The molecular weight excluding hydrogens is 289 g/mol. The third-order valence-corrected chi connectivity index (χ3v) is 2.73. The Hall–Kier alpha value is -1.43. The van der Waals surface area contributed by atoms with Crippen molar-refractivity contribution in [1.82, 2.24) is 15.0 Å². The molecule has 0 aliphatic carbocycles. The number of hydrogen-bond acceptors (Lipinski definition) is 3. The number of benzene rings is 1. The van der Waals surface area contributed by atoms with Crippen molar-refractivity contribution in [2.75, 3.05) is 6.61 Å². The minimum absolute atomic E-state index is 0.247. The minimum Gasteiger partial charge on any atom is -0.491 e. The van der Waals surface area contributed by atoms with E-state index in [0.717, 1.165) is 5.69 Å². The van der Waals surface area contributed by atoms with E-state index in [1.165, 1.54) is 10.7 Å². The average Bonchev–Trinajstić information content (AvgIpc) is 2.80. The van der Waals surface area contributed by atoms with Crippen LogP contribution in [0.4, 0.5) is 4.39 Å². The van der Waals surface area contributed by atoms with Crippen molar-refractivity contribution in [3.8, 4) is 11.4 Å². The monoisotopic (exact) mass is 299 g/mol. The van der Waals surface area contributed by atoms with Gasteiger partial charge < -0.3 is 4.74 Å². The van der Waals surface area contributed by atoms with Crippen molar-refractivity contribution in [2.24, 2.45) is 0 Å². The van der Waals surface area contributed by atoms with Gasteiger partial charge in [-0.15, -0.1) is 5.10 Å². The molecule has 0 saturated heterocycles. The van der Waals surface area contributed by atoms with E-state index in [0.29, 0.717) is 17.6 Å². The maximum absolute atomic E-state index is 13.6. The van der Waals surface area contributed by atoms with Gasteiger partial charge in [0.05, 0.1) is 24.2 Å². The van der Waals surface area contributed by atoms with Crippen molar-refractivity contribution in [1.29, 1.82) is 0 Å². The molecule has 0 N–H and O–H groups in total. The fourth-order valence-corrected chi connectivity index (χ4v) is 1.65. The molecule has 2 rings (SSSR count). The quantitative estimate of drug-likeness (QED) is 0.815. The van der Waals surface area contributed by atoms with Gasteiger partial charge in [-0.3, -0.25) is 0 Å². The summed E-state index contributed by atoms with van der Waals surface area (Å²) in [6.45, 7) is 2.25. The lowest BCUT2D eigenvalue weighted by Crippen LogP contribution is -1.99. The molecule has 1 aromatic heterocycles. The van der Waals surface area contributed by atoms with Gasteiger partial charge in [-0.05, 0) is 19.1 Å². The summed E-state index contributed by atoms with van der Waals surface area (Å²) in [6, 6.07) is 4.70. The third-order valence-electron chi connectivity index (χ3n) is 2.16. The Morgan fingerprint density at radius 3 is 2.88 bits per heavy atom. The van der Waals surface area contributed by atoms with Gasteiger partial charge in [-0.2, -0.15) is 0 Å². The van der Waals surface area contributed by atoms with Gasteiger partial charge in [0, 0.05) is 11.4 Å². The van der Waals surface area contributed by atoms with Crippen LogP contribution in [0, 0.1) is 5.82 Å². The molecule has 0 bridgehead atoms. The number of alkyl halides is 1. The SMILES string of the molecule is CCOc1ccc(-n2cc(CBr)nn2)cc1F. The van der Waals surface area contributed by atoms with Crippen molar-refractivity contribution < 1.29 is 9.13 Å². The van der Waals surface area contributed by atoms with Gasteiger partial charge in [0.25, 0.3) is 0 Å². The van der Waals surface area contributed by atoms with E-state index in [2.05, 4.69) is 26.2 Å². The maximum atomic E-state index is 13.6. The molecule has 0 aliphatic rings. The lowest BCUT2D eigenvalue weighted by atomic mass is 10.3. The summed E-state index contributed by atoms with van der Waals surface area (Å²) in [7, 11) is 0. The molecule has 0 saturated carbocycles. The molecule has 17 heavy (non-hydrogen) atoms. The molecule has 4 nitrogen and oxygen atoms in total. The molecule has 6 heteroatoms. The Kier molecular flexibility index (Phi) is 3.73. The van der Waals surface area contributed by atoms with Gasteiger partial charge in [0.15, 0.2) is 11.6 Å². The van der Waals surface area contributed by atoms with Crippen LogP contribution >= 0.6 is 15.9 Å². The largest absolute Gasteiger partial charge is 0.491 e. The number of ether oxygens (including phenoxy) is 1. The van der Waals surface area contributed by atoms with Crippen LogP contribution in [0.3, 0.4) is 0 Å². The topological polar surface area (TPSA) is 39.9 Å². The first kappa shape index (κ1) is 12.0. The predicted octanol–water partition coefficient (Wildman–Crippen LogP) is 2.70. The second kappa shape index (κ2) is 5.27. The predicted molar refractivity (Wildman–Crippen MR) is 65.1 cm³/mol. The minimum atomic E-state index is -0.403. The Bertz CT molecular complexity index is 515. The van der Waals surface area contributed by atoms with Crippen LogP contribution in [0.25, 0.3) is 5.69 Å². The fourth-order valence-electron chi connectivity index (χ4n) is 1.39. The zero-order valence-electron chi connectivity index (χ0n) is 9.23. The second-order valence-electron chi connectivity index (χ2n) is 3.34. The zero-order chi connectivity index (χ0) is 12.3. The second-order valence-corrected chi connectivity index (χ2v) is 3.90. The molecule has 0 unspecified atom stereocenters. The molecule has 0 aliphatic heterocycles. The van der Waals surface area contributed by atoms with Crippen LogP contribution in [0.15, 0.2) is 24.4 Å². The first-order chi connectivity index (χ1) is 8.24. The summed E-state index contributed by atoms with van der Waals surface area (Å²) in [5.74, 6) is -0.155. The maximum Gasteiger partial charge on any atom is 0.167 e. The number of nitrogens with zero attached hydrogens (tertiary/aromatic N) is 3. The smallest absolute Gasteiger partial charge is 0.167 e. The van der Waals surface area contributed by atoms with E-state index < -0.39 is 5.82 Å². The van der Waals surface area contributed by atoms with E-state index in [1.807, 2.05) is 6.92 Å². The van der Waals surface area contributed by atoms with E-state index in [4.69, 9.17) is 4.74 Å². The van der Waals surface area contributed by atoms with Crippen LogP contribution in [-0.4, -0.2) is 21.6 Å². The molecule has 0 amide bonds. The highest BCUT2D eigenvalue weighted by Gasteiger charge is 2.07. The van der Waals surface area contributed by atoms with E-state index in [9.17, 15) is 4.39 Å². The fraction of sp³-hybridized carbons (Fsp3) is 0.273. The Morgan fingerprint density at radius 2 is 2.29 bits per heavy atom. The number of hydrogen-bond donors (Lipinski definition) is 0. The van der Waals surface area contributed by atoms with Crippen molar-refractivity contribution >= 4 is 15.9 Å². The Balaban J connectivity index is 2.30. The molecule has 0 fully saturated rings. The summed E-state index contributed by atoms with van der Waals surface area (Å²) in [5.41, 5.74) is 1.41. The lowest BCUT2D eigenvalue weighted by Gasteiger charge is -2.06. The van der Waals surface area contributed by atoms with Crippen molar-refractivity contribution in [3.63, 3.8) is 0 Å². The normalized spacial score (nSPS) is 10.5. The van der Waals surface area contributed by atoms with Crippen molar-refractivity contribution in [3.05, 3.63) is 35.9 Å². The van der Waals surface area contributed by atoms with Gasteiger partial charge >= 0.3 is 0 Å². The Labute approximate surface area is 107 Å². The average molecular weight is 300 g/mol. The standard InChI is InChI=1S/C11H11BrFN3O/c1-2-17-11-4-3-9(5-10(11)13)16-7-8(6-12)14-15-16/h3-5,7H,2,6H2,1H3. The molecule has 1 heterocycles. The van der Waals surface area contributed by atoms with Gasteiger partial charge in [0.2, 0.25) is 0 Å². The Morgan fingerprint density at radius 1 is 1.47 bits per heavy atom. The lowest BCUT2D eigenvalue weighted by molar-refractivity contribution is 0.321. The molecular formula is C11H11BrFN3O. The molecule has 0 radical (unpaired) electrons.